The topological polar surface area (TPSA) is 38.0 Å². The summed E-state index contributed by atoms with van der Waals surface area (Å²) in [6, 6.07) is 8.17. The van der Waals surface area contributed by atoms with Crippen LogP contribution in [0, 0.1) is 6.92 Å². The van der Waals surface area contributed by atoms with Crippen molar-refractivity contribution >= 4 is 53.4 Å². The number of rotatable bonds is 4. The number of anilines is 1. The Labute approximate surface area is 141 Å². The minimum atomic E-state index is 0. The largest absolute Gasteiger partial charge is 0.398 e. The van der Waals surface area contributed by atoms with Crippen molar-refractivity contribution in [2.75, 3.05) is 12.8 Å². The molecule has 0 fully saturated rings. The highest BCUT2D eigenvalue weighted by atomic mass is 35.5. The lowest BCUT2D eigenvalue weighted by molar-refractivity contribution is 0.592. The Hall–Kier alpha value is -0.450. The van der Waals surface area contributed by atoms with Crippen molar-refractivity contribution in [3.8, 4) is 0 Å². The maximum Gasteiger partial charge on any atom is 0.0426 e. The van der Waals surface area contributed by atoms with Gasteiger partial charge in [-0.1, -0.05) is 17.7 Å². The van der Waals surface area contributed by atoms with E-state index in [9.17, 15) is 0 Å². The molecule has 2 nitrogen and oxygen atoms in total. The van der Waals surface area contributed by atoms with E-state index in [1.54, 1.807) is 11.3 Å². The Balaban J connectivity index is 0.00000180. The number of halogens is 3. The predicted molar refractivity (Wildman–Crippen MR) is 94.9 cm³/mol. The van der Waals surface area contributed by atoms with Gasteiger partial charge in [-0.3, -0.25) is 0 Å². The lowest BCUT2D eigenvalue weighted by Gasteiger charge is -2.17. The molecule has 6 heteroatoms. The van der Waals surface area contributed by atoms with Crippen LogP contribution < -0.4 is 11.1 Å². The van der Waals surface area contributed by atoms with Gasteiger partial charge in [0.1, 0.15) is 0 Å². The summed E-state index contributed by atoms with van der Waals surface area (Å²) >= 11 is 7.69. The summed E-state index contributed by atoms with van der Waals surface area (Å²) in [4.78, 5) is 1.35. The molecule has 0 bridgehead atoms. The number of likely N-dealkylation sites (N-methyl/N-ethyl adjacent to an activating group) is 1. The van der Waals surface area contributed by atoms with Crippen molar-refractivity contribution in [3.05, 3.63) is 50.7 Å². The molecule has 0 amide bonds. The van der Waals surface area contributed by atoms with Crippen LogP contribution in [0.15, 0.2) is 29.6 Å². The van der Waals surface area contributed by atoms with Gasteiger partial charge in [-0.25, -0.2) is 0 Å². The Morgan fingerprint density at radius 1 is 1.30 bits per heavy atom. The number of hydrogen-bond donors (Lipinski definition) is 2. The molecule has 0 aliphatic rings. The lowest BCUT2D eigenvalue weighted by atomic mass is 9.98. The first-order chi connectivity index (χ1) is 8.61. The van der Waals surface area contributed by atoms with Crippen molar-refractivity contribution in [1.29, 1.82) is 0 Å². The summed E-state index contributed by atoms with van der Waals surface area (Å²) in [6.07, 6.45) is 0.872. The van der Waals surface area contributed by atoms with E-state index in [2.05, 4.69) is 23.7 Å². The molecule has 3 N–H and O–H groups in total. The SMILES string of the molecule is CNC(Cc1ccc(Cl)cc1N)c1ccsc1C.Cl.Cl. The number of thiophene rings is 1. The third kappa shape index (κ3) is 4.54. The average Bonchev–Trinajstić information content (AvgIpc) is 2.75. The van der Waals surface area contributed by atoms with Gasteiger partial charge >= 0.3 is 0 Å². The predicted octanol–water partition coefficient (Wildman–Crippen LogP) is 4.64. The zero-order valence-electron chi connectivity index (χ0n) is 11.4. The molecule has 112 valence electrons. The Morgan fingerprint density at radius 3 is 2.50 bits per heavy atom. The fourth-order valence-electron chi connectivity index (χ4n) is 2.10. The van der Waals surface area contributed by atoms with Crippen molar-refractivity contribution in [3.63, 3.8) is 0 Å². The molecular weight excluding hydrogens is 335 g/mol. The first kappa shape index (κ1) is 19.6. The molecule has 1 aromatic carbocycles. The van der Waals surface area contributed by atoms with Gasteiger partial charge in [-0.15, -0.1) is 36.2 Å². The zero-order valence-corrected chi connectivity index (χ0v) is 14.6. The van der Waals surface area contributed by atoms with Crippen LogP contribution in [0.3, 0.4) is 0 Å². The molecule has 1 aromatic heterocycles. The molecule has 1 unspecified atom stereocenters. The normalized spacial score (nSPS) is 11.3. The van der Waals surface area contributed by atoms with Gasteiger partial charge in [-0.05, 0) is 55.1 Å². The summed E-state index contributed by atoms with van der Waals surface area (Å²) in [5.74, 6) is 0. The molecule has 0 saturated carbocycles. The fourth-order valence-corrected chi connectivity index (χ4v) is 3.04. The maximum absolute atomic E-state index is 6.01. The summed E-state index contributed by atoms with van der Waals surface area (Å²) in [7, 11) is 1.98. The van der Waals surface area contributed by atoms with E-state index in [1.807, 2.05) is 25.2 Å². The van der Waals surface area contributed by atoms with E-state index >= 15 is 0 Å². The number of nitrogens with two attached hydrogens (primary N) is 1. The van der Waals surface area contributed by atoms with Gasteiger partial charge in [0.15, 0.2) is 0 Å². The van der Waals surface area contributed by atoms with E-state index in [-0.39, 0.29) is 24.8 Å². The molecule has 1 atom stereocenters. The molecule has 0 saturated heterocycles. The van der Waals surface area contributed by atoms with Crippen LogP contribution in [0.5, 0.6) is 0 Å². The second kappa shape index (κ2) is 8.75. The Kier molecular flexibility index (Phi) is 8.56. The van der Waals surface area contributed by atoms with Crippen molar-refractivity contribution < 1.29 is 0 Å². The van der Waals surface area contributed by atoms with Crippen LogP contribution >= 0.6 is 47.8 Å². The fraction of sp³-hybridized carbons (Fsp3) is 0.286. The number of nitrogens with one attached hydrogen (secondary N) is 1. The van der Waals surface area contributed by atoms with E-state index in [1.165, 1.54) is 10.4 Å². The third-order valence-electron chi connectivity index (χ3n) is 3.15. The van der Waals surface area contributed by atoms with Crippen LogP contribution in [-0.4, -0.2) is 7.05 Å². The van der Waals surface area contributed by atoms with E-state index in [0.29, 0.717) is 11.1 Å². The van der Waals surface area contributed by atoms with Crippen molar-refractivity contribution in [1.82, 2.24) is 5.32 Å². The number of aryl methyl sites for hydroxylation is 1. The molecule has 0 aliphatic carbocycles. The van der Waals surface area contributed by atoms with Crippen LogP contribution in [0.4, 0.5) is 5.69 Å². The summed E-state index contributed by atoms with van der Waals surface area (Å²) in [5.41, 5.74) is 9.24. The standard InChI is InChI=1S/C14H17ClN2S.2ClH/c1-9-12(5-6-18-9)14(17-2)7-10-3-4-11(15)8-13(10)16;;/h3-6,8,14,17H,7,16H2,1-2H3;2*1H. The molecule has 2 rings (SSSR count). The van der Waals surface area contributed by atoms with Gasteiger partial charge in [0.2, 0.25) is 0 Å². The quantitative estimate of drug-likeness (QED) is 0.786. The van der Waals surface area contributed by atoms with Crippen molar-refractivity contribution in [2.24, 2.45) is 0 Å². The van der Waals surface area contributed by atoms with Gasteiger partial charge in [0, 0.05) is 21.6 Å². The minimum absolute atomic E-state index is 0. The van der Waals surface area contributed by atoms with Crippen molar-refractivity contribution in [2.45, 2.75) is 19.4 Å². The monoisotopic (exact) mass is 352 g/mol. The van der Waals surface area contributed by atoms with Gasteiger partial charge in [0.25, 0.3) is 0 Å². The van der Waals surface area contributed by atoms with E-state index < -0.39 is 0 Å². The average molecular weight is 354 g/mol. The zero-order chi connectivity index (χ0) is 13.1. The second-order valence-corrected chi connectivity index (χ2v) is 5.88. The van der Waals surface area contributed by atoms with Crippen LogP contribution in [0.1, 0.15) is 22.0 Å². The number of hydrogen-bond acceptors (Lipinski definition) is 3. The molecule has 0 radical (unpaired) electrons. The summed E-state index contributed by atoms with van der Waals surface area (Å²) in [5, 5.41) is 6.16. The molecule has 20 heavy (non-hydrogen) atoms. The van der Waals surface area contributed by atoms with E-state index in [4.69, 9.17) is 17.3 Å². The van der Waals surface area contributed by atoms with Crippen LogP contribution in [0.25, 0.3) is 0 Å². The minimum Gasteiger partial charge on any atom is -0.398 e. The van der Waals surface area contributed by atoms with E-state index in [0.717, 1.165) is 17.7 Å². The first-order valence-corrected chi connectivity index (χ1v) is 7.12. The van der Waals surface area contributed by atoms with Gasteiger partial charge < -0.3 is 11.1 Å². The molecule has 2 aromatic rings. The summed E-state index contributed by atoms with van der Waals surface area (Å²) < 4.78 is 0. The van der Waals surface area contributed by atoms with Gasteiger partial charge in [-0.2, -0.15) is 0 Å². The highest BCUT2D eigenvalue weighted by Gasteiger charge is 2.14. The molecule has 0 aliphatic heterocycles. The number of benzene rings is 1. The highest BCUT2D eigenvalue weighted by Crippen LogP contribution is 2.28. The third-order valence-corrected chi connectivity index (χ3v) is 4.25. The Morgan fingerprint density at radius 2 is 2.00 bits per heavy atom. The molecule has 1 heterocycles. The molecule has 0 spiro atoms. The summed E-state index contributed by atoms with van der Waals surface area (Å²) in [6.45, 7) is 2.15. The molecular formula is C14H19Cl3N2S. The highest BCUT2D eigenvalue weighted by molar-refractivity contribution is 7.10. The van der Waals surface area contributed by atoms with Gasteiger partial charge in [0.05, 0.1) is 0 Å². The lowest BCUT2D eigenvalue weighted by Crippen LogP contribution is -2.19. The van der Waals surface area contributed by atoms with Crippen LogP contribution in [0.2, 0.25) is 5.02 Å². The smallest absolute Gasteiger partial charge is 0.0426 e. The first-order valence-electron chi connectivity index (χ1n) is 5.87. The number of nitrogen functional groups attached to an aromatic ring is 1. The second-order valence-electron chi connectivity index (χ2n) is 4.32. The van der Waals surface area contributed by atoms with Crippen LogP contribution in [-0.2, 0) is 6.42 Å². The maximum atomic E-state index is 6.01. The Bertz CT molecular complexity index is 543.